The normalized spacial score (nSPS) is 20.7. The molecular formula is C18H22BrN3O3S. The fourth-order valence-electron chi connectivity index (χ4n) is 3.10. The second-order valence-corrected chi connectivity index (χ2v) is 9.23. The van der Waals surface area contributed by atoms with E-state index in [2.05, 4.69) is 30.6 Å². The van der Waals surface area contributed by atoms with Crippen LogP contribution in [-0.2, 0) is 10.0 Å². The van der Waals surface area contributed by atoms with Gasteiger partial charge in [-0.3, -0.25) is 0 Å². The van der Waals surface area contributed by atoms with Crippen LogP contribution >= 0.6 is 15.9 Å². The lowest BCUT2D eigenvalue weighted by Crippen LogP contribution is -2.39. The van der Waals surface area contributed by atoms with E-state index < -0.39 is 10.0 Å². The average molecular weight is 440 g/mol. The number of nitrogens with zero attached hydrogens (tertiary/aromatic N) is 2. The molecule has 6 nitrogen and oxygen atoms in total. The predicted octanol–water partition coefficient (Wildman–Crippen LogP) is 3.52. The Morgan fingerprint density at radius 1 is 1.04 bits per heavy atom. The number of sulfonamides is 1. The minimum atomic E-state index is -3.50. The summed E-state index contributed by atoms with van der Waals surface area (Å²) in [6.07, 6.45) is 3.01. The molecule has 0 spiro atoms. The highest BCUT2D eigenvalue weighted by molar-refractivity contribution is 9.10. The van der Waals surface area contributed by atoms with Gasteiger partial charge in [0.25, 0.3) is 0 Å². The molecule has 0 bridgehead atoms. The SMILES string of the molecule is Cc1cc(C)nc(OC2CCC(NS(=O)(=O)c3ccc(Br)cc3)CC2)n1. The molecule has 8 heteroatoms. The smallest absolute Gasteiger partial charge is 0.317 e. The van der Waals surface area contributed by atoms with Crippen molar-refractivity contribution in [2.24, 2.45) is 0 Å². The molecular weight excluding hydrogens is 418 g/mol. The number of nitrogens with one attached hydrogen (secondary N) is 1. The minimum Gasteiger partial charge on any atom is -0.460 e. The number of rotatable bonds is 5. The van der Waals surface area contributed by atoms with Gasteiger partial charge < -0.3 is 4.74 Å². The maximum absolute atomic E-state index is 12.5. The molecule has 1 aliphatic carbocycles. The van der Waals surface area contributed by atoms with Gasteiger partial charge in [0.05, 0.1) is 4.90 Å². The summed E-state index contributed by atoms with van der Waals surface area (Å²) in [6.45, 7) is 3.82. The molecule has 1 saturated carbocycles. The zero-order valence-electron chi connectivity index (χ0n) is 14.8. The predicted molar refractivity (Wildman–Crippen MR) is 103 cm³/mol. The van der Waals surface area contributed by atoms with E-state index in [-0.39, 0.29) is 17.0 Å². The van der Waals surface area contributed by atoms with Crippen LogP contribution in [0.1, 0.15) is 37.1 Å². The highest BCUT2D eigenvalue weighted by atomic mass is 79.9. The third-order valence-corrected chi connectivity index (χ3v) is 6.42. The molecule has 3 rings (SSSR count). The average Bonchev–Trinajstić information content (AvgIpc) is 2.56. The van der Waals surface area contributed by atoms with Gasteiger partial charge >= 0.3 is 6.01 Å². The lowest BCUT2D eigenvalue weighted by molar-refractivity contribution is 0.131. The molecule has 0 unspecified atom stereocenters. The topological polar surface area (TPSA) is 81.2 Å². The van der Waals surface area contributed by atoms with Gasteiger partial charge in [-0.05, 0) is 69.9 Å². The summed E-state index contributed by atoms with van der Waals surface area (Å²) in [6, 6.07) is 8.87. The van der Waals surface area contributed by atoms with Crippen LogP contribution in [0, 0.1) is 13.8 Å². The minimum absolute atomic E-state index is 0.0182. The van der Waals surface area contributed by atoms with Crippen LogP contribution in [0.25, 0.3) is 0 Å². The summed E-state index contributed by atoms with van der Waals surface area (Å²) >= 11 is 3.31. The Hall–Kier alpha value is -1.51. The number of hydrogen-bond acceptors (Lipinski definition) is 5. The Morgan fingerprint density at radius 3 is 2.19 bits per heavy atom. The first kappa shape index (κ1) is 19.3. The third-order valence-electron chi connectivity index (χ3n) is 4.35. The van der Waals surface area contributed by atoms with Crippen molar-refractivity contribution in [1.82, 2.24) is 14.7 Å². The van der Waals surface area contributed by atoms with E-state index in [1.54, 1.807) is 24.3 Å². The maximum Gasteiger partial charge on any atom is 0.317 e. The van der Waals surface area contributed by atoms with Gasteiger partial charge in [0.2, 0.25) is 10.0 Å². The van der Waals surface area contributed by atoms with Gasteiger partial charge in [0, 0.05) is 21.9 Å². The van der Waals surface area contributed by atoms with Crippen LogP contribution in [0.2, 0.25) is 0 Å². The van der Waals surface area contributed by atoms with Gasteiger partial charge in [0.1, 0.15) is 6.10 Å². The van der Waals surface area contributed by atoms with E-state index in [1.807, 2.05) is 19.9 Å². The maximum atomic E-state index is 12.5. The molecule has 0 aliphatic heterocycles. The standard InChI is InChI=1S/C18H22BrN3O3S/c1-12-11-13(2)21-18(20-12)25-16-7-5-15(6-8-16)22-26(23,24)17-9-3-14(19)4-10-17/h3-4,9-11,15-16,22H,5-8H2,1-2H3. The Balaban J connectivity index is 1.55. The molecule has 1 aliphatic rings. The van der Waals surface area contributed by atoms with Crippen molar-refractivity contribution >= 4 is 26.0 Å². The Kier molecular flexibility index (Phi) is 5.94. The van der Waals surface area contributed by atoms with Crippen molar-refractivity contribution in [3.05, 3.63) is 46.2 Å². The highest BCUT2D eigenvalue weighted by Crippen LogP contribution is 2.24. The van der Waals surface area contributed by atoms with Crippen LogP contribution < -0.4 is 9.46 Å². The second-order valence-electron chi connectivity index (χ2n) is 6.60. The first-order valence-electron chi connectivity index (χ1n) is 8.59. The molecule has 1 N–H and O–H groups in total. The lowest BCUT2D eigenvalue weighted by atomic mass is 9.94. The second kappa shape index (κ2) is 8.02. The molecule has 1 heterocycles. The van der Waals surface area contributed by atoms with Crippen LogP contribution in [0.3, 0.4) is 0 Å². The summed E-state index contributed by atoms with van der Waals surface area (Å²) in [5.74, 6) is 0. The van der Waals surface area contributed by atoms with Crippen LogP contribution in [0.5, 0.6) is 6.01 Å². The zero-order chi connectivity index (χ0) is 18.7. The molecule has 0 amide bonds. The molecule has 140 valence electrons. The fraction of sp³-hybridized carbons (Fsp3) is 0.444. The summed E-state index contributed by atoms with van der Waals surface area (Å²) in [7, 11) is -3.50. The Labute approximate surface area is 162 Å². The molecule has 1 aromatic carbocycles. The third kappa shape index (κ3) is 5.02. The molecule has 1 fully saturated rings. The quantitative estimate of drug-likeness (QED) is 0.770. The molecule has 0 atom stereocenters. The summed E-state index contributed by atoms with van der Waals surface area (Å²) in [5, 5.41) is 0. The van der Waals surface area contributed by atoms with Crippen LogP contribution in [0.4, 0.5) is 0 Å². The van der Waals surface area contributed by atoms with Crippen molar-refractivity contribution in [2.45, 2.75) is 56.6 Å². The van der Waals surface area contributed by atoms with Crippen molar-refractivity contribution in [3.8, 4) is 6.01 Å². The Bertz CT molecular complexity index is 844. The number of aromatic nitrogens is 2. The van der Waals surface area contributed by atoms with Crippen molar-refractivity contribution in [1.29, 1.82) is 0 Å². The van der Waals surface area contributed by atoms with Crippen molar-refractivity contribution in [3.63, 3.8) is 0 Å². The zero-order valence-corrected chi connectivity index (χ0v) is 17.2. The monoisotopic (exact) mass is 439 g/mol. The van der Waals surface area contributed by atoms with Gasteiger partial charge in [0.15, 0.2) is 0 Å². The van der Waals surface area contributed by atoms with Crippen molar-refractivity contribution in [2.75, 3.05) is 0 Å². The van der Waals surface area contributed by atoms with E-state index in [4.69, 9.17) is 4.74 Å². The first-order chi connectivity index (χ1) is 12.3. The number of hydrogen-bond donors (Lipinski definition) is 1. The first-order valence-corrected chi connectivity index (χ1v) is 10.9. The summed E-state index contributed by atoms with van der Waals surface area (Å²) < 4.78 is 34.5. The van der Waals surface area contributed by atoms with E-state index in [0.717, 1.165) is 41.5 Å². The van der Waals surface area contributed by atoms with E-state index in [0.29, 0.717) is 6.01 Å². The molecule has 2 aromatic rings. The number of halogens is 1. The van der Waals surface area contributed by atoms with E-state index in [1.165, 1.54) is 0 Å². The van der Waals surface area contributed by atoms with Crippen molar-refractivity contribution < 1.29 is 13.2 Å². The van der Waals surface area contributed by atoms with Crippen LogP contribution in [-0.4, -0.2) is 30.5 Å². The largest absolute Gasteiger partial charge is 0.460 e. The number of ether oxygens (including phenoxy) is 1. The lowest BCUT2D eigenvalue weighted by Gasteiger charge is -2.28. The van der Waals surface area contributed by atoms with E-state index in [9.17, 15) is 8.42 Å². The van der Waals surface area contributed by atoms with Crippen LogP contribution in [0.15, 0.2) is 39.7 Å². The molecule has 1 aromatic heterocycles. The summed E-state index contributed by atoms with van der Waals surface area (Å²) in [5.41, 5.74) is 1.76. The molecule has 0 saturated heterocycles. The molecule has 26 heavy (non-hydrogen) atoms. The number of benzene rings is 1. The van der Waals surface area contributed by atoms with Gasteiger partial charge in [-0.15, -0.1) is 0 Å². The van der Waals surface area contributed by atoms with Gasteiger partial charge in [-0.25, -0.2) is 23.1 Å². The summed E-state index contributed by atoms with van der Waals surface area (Å²) in [4.78, 5) is 8.89. The number of aryl methyl sites for hydroxylation is 2. The van der Waals surface area contributed by atoms with E-state index >= 15 is 0 Å². The Morgan fingerprint density at radius 2 is 1.62 bits per heavy atom. The van der Waals surface area contributed by atoms with Gasteiger partial charge in [-0.1, -0.05) is 15.9 Å². The van der Waals surface area contributed by atoms with Gasteiger partial charge in [-0.2, -0.15) is 0 Å². The fourth-order valence-corrected chi connectivity index (χ4v) is 4.66. The molecule has 0 radical (unpaired) electrons. The highest BCUT2D eigenvalue weighted by Gasteiger charge is 2.27.